The molecular weight excluding hydrogens is 380 g/mol. The van der Waals surface area contributed by atoms with E-state index in [1.165, 1.54) is 4.90 Å². The van der Waals surface area contributed by atoms with Crippen LogP contribution in [0.25, 0.3) is 22.2 Å². The molecule has 0 spiro atoms. The molecule has 0 radical (unpaired) electrons. The van der Waals surface area contributed by atoms with Gasteiger partial charge in [0.05, 0.1) is 10.9 Å². The van der Waals surface area contributed by atoms with E-state index in [4.69, 9.17) is 9.26 Å². The number of hydrogen-bond acceptors (Lipinski definition) is 5. The number of amides is 1. The third-order valence-corrected chi connectivity index (χ3v) is 4.74. The lowest BCUT2D eigenvalue weighted by Crippen LogP contribution is -2.31. The van der Waals surface area contributed by atoms with Gasteiger partial charge in [-0.15, -0.1) is 0 Å². The Morgan fingerprint density at radius 3 is 2.27 bits per heavy atom. The first-order chi connectivity index (χ1) is 14.5. The monoisotopic (exact) mass is 400 g/mol. The molecule has 0 N–H and O–H groups in total. The number of aromatic nitrogens is 1. The van der Waals surface area contributed by atoms with E-state index in [1.54, 1.807) is 56.6 Å². The van der Waals surface area contributed by atoms with Gasteiger partial charge in [-0.1, -0.05) is 65.8 Å². The first-order valence-electron chi connectivity index (χ1n) is 9.46. The maximum absolute atomic E-state index is 12.9. The van der Waals surface area contributed by atoms with E-state index in [0.29, 0.717) is 27.8 Å². The van der Waals surface area contributed by atoms with E-state index in [2.05, 4.69) is 5.16 Å². The Labute approximate surface area is 173 Å². The Bertz CT molecular complexity index is 1180. The third-order valence-electron chi connectivity index (χ3n) is 4.74. The van der Waals surface area contributed by atoms with E-state index in [0.717, 1.165) is 5.56 Å². The van der Waals surface area contributed by atoms with Gasteiger partial charge in [-0.05, 0) is 18.2 Å². The van der Waals surface area contributed by atoms with Gasteiger partial charge in [0.15, 0.2) is 5.76 Å². The second-order valence-corrected chi connectivity index (χ2v) is 7.04. The highest BCUT2D eigenvalue weighted by molar-refractivity contribution is 5.99. The summed E-state index contributed by atoms with van der Waals surface area (Å²) < 4.78 is 11.1. The van der Waals surface area contributed by atoms with Crippen molar-refractivity contribution in [2.75, 3.05) is 14.1 Å². The SMILES string of the molecule is CN(C)C(=O)[C@H](OC(=O)c1ccc2noc(-c3ccccc3)c2c1)c1ccccc1. The standard InChI is InChI=1S/C24H20N2O4/c1-26(2)23(27)22(17-11-7-4-8-12-17)29-24(28)18-13-14-20-19(15-18)21(30-25-20)16-9-5-3-6-10-16/h3-15,22H,1-2H3/t22-/m1/s1. The zero-order valence-electron chi connectivity index (χ0n) is 16.6. The highest BCUT2D eigenvalue weighted by Crippen LogP contribution is 2.30. The van der Waals surface area contributed by atoms with Gasteiger partial charge in [0.1, 0.15) is 5.52 Å². The van der Waals surface area contributed by atoms with Crippen LogP contribution in [0.4, 0.5) is 0 Å². The van der Waals surface area contributed by atoms with E-state index in [-0.39, 0.29) is 5.91 Å². The van der Waals surface area contributed by atoms with Gasteiger partial charge < -0.3 is 14.2 Å². The molecule has 4 aromatic rings. The number of likely N-dealkylation sites (N-methyl/N-ethyl adjacent to an activating group) is 1. The Hall–Kier alpha value is -3.93. The second kappa shape index (κ2) is 8.21. The number of hydrogen-bond donors (Lipinski definition) is 0. The van der Waals surface area contributed by atoms with Crippen LogP contribution in [-0.2, 0) is 9.53 Å². The maximum atomic E-state index is 12.9. The number of rotatable bonds is 5. The summed E-state index contributed by atoms with van der Waals surface area (Å²) in [5, 5.41) is 4.77. The van der Waals surface area contributed by atoms with Gasteiger partial charge in [-0.25, -0.2) is 4.79 Å². The molecule has 0 aliphatic rings. The zero-order valence-corrected chi connectivity index (χ0v) is 16.6. The van der Waals surface area contributed by atoms with Crippen LogP contribution in [0.5, 0.6) is 0 Å². The molecule has 1 aromatic heterocycles. The summed E-state index contributed by atoms with van der Waals surface area (Å²) in [6.45, 7) is 0. The summed E-state index contributed by atoms with van der Waals surface area (Å²) in [4.78, 5) is 27.0. The largest absolute Gasteiger partial charge is 0.444 e. The third kappa shape index (κ3) is 3.80. The van der Waals surface area contributed by atoms with Crippen LogP contribution in [0.3, 0.4) is 0 Å². The molecule has 6 heteroatoms. The molecule has 1 amide bonds. The van der Waals surface area contributed by atoms with Crippen LogP contribution in [0.1, 0.15) is 22.0 Å². The quantitative estimate of drug-likeness (QED) is 0.462. The summed E-state index contributed by atoms with van der Waals surface area (Å²) in [5.41, 5.74) is 2.42. The van der Waals surface area contributed by atoms with Crippen LogP contribution < -0.4 is 0 Å². The number of carbonyl (C=O) groups excluding carboxylic acids is 2. The van der Waals surface area contributed by atoms with E-state index < -0.39 is 12.1 Å². The fourth-order valence-electron chi connectivity index (χ4n) is 3.16. The predicted molar refractivity (Wildman–Crippen MR) is 113 cm³/mol. The van der Waals surface area contributed by atoms with Gasteiger partial charge in [-0.3, -0.25) is 4.79 Å². The van der Waals surface area contributed by atoms with Crippen molar-refractivity contribution >= 4 is 22.8 Å². The van der Waals surface area contributed by atoms with Crippen molar-refractivity contribution in [1.29, 1.82) is 0 Å². The summed E-state index contributed by atoms with van der Waals surface area (Å²) in [6.07, 6.45) is -1.03. The number of carbonyl (C=O) groups is 2. The molecule has 150 valence electrons. The first kappa shape index (κ1) is 19.4. The first-order valence-corrected chi connectivity index (χ1v) is 9.46. The van der Waals surface area contributed by atoms with Crippen LogP contribution in [0, 0.1) is 0 Å². The van der Waals surface area contributed by atoms with Crippen molar-refractivity contribution in [2.24, 2.45) is 0 Å². The van der Waals surface area contributed by atoms with Gasteiger partial charge in [-0.2, -0.15) is 0 Å². The van der Waals surface area contributed by atoms with Crippen molar-refractivity contribution < 1.29 is 18.8 Å². The fraction of sp³-hybridized carbons (Fsp3) is 0.125. The van der Waals surface area contributed by atoms with E-state index >= 15 is 0 Å². The Kier molecular flexibility index (Phi) is 5.30. The molecule has 0 bridgehead atoms. The maximum Gasteiger partial charge on any atom is 0.339 e. The molecule has 0 saturated carbocycles. The lowest BCUT2D eigenvalue weighted by molar-refractivity contribution is -0.138. The minimum absolute atomic E-state index is 0.314. The van der Waals surface area contributed by atoms with Crippen molar-refractivity contribution in [3.05, 3.63) is 90.0 Å². The molecule has 0 aliphatic carbocycles. The molecule has 3 aromatic carbocycles. The highest BCUT2D eigenvalue weighted by atomic mass is 16.5. The molecule has 1 atom stereocenters. The van der Waals surface area contributed by atoms with Crippen LogP contribution >= 0.6 is 0 Å². The minimum Gasteiger partial charge on any atom is -0.444 e. The molecule has 30 heavy (non-hydrogen) atoms. The summed E-state index contributed by atoms with van der Waals surface area (Å²) in [5.74, 6) is -0.337. The van der Waals surface area contributed by atoms with Crippen LogP contribution in [0.15, 0.2) is 83.4 Å². The topological polar surface area (TPSA) is 72.6 Å². The molecule has 4 rings (SSSR count). The summed E-state index contributed by atoms with van der Waals surface area (Å²) in [6, 6.07) is 23.5. The summed E-state index contributed by atoms with van der Waals surface area (Å²) in [7, 11) is 3.25. The number of benzene rings is 3. The van der Waals surface area contributed by atoms with Gasteiger partial charge >= 0.3 is 5.97 Å². The molecule has 0 fully saturated rings. The van der Waals surface area contributed by atoms with Gasteiger partial charge in [0.25, 0.3) is 5.91 Å². The second-order valence-electron chi connectivity index (χ2n) is 7.04. The number of ether oxygens (including phenoxy) is 1. The molecule has 0 saturated heterocycles. The lowest BCUT2D eigenvalue weighted by atomic mass is 10.1. The summed E-state index contributed by atoms with van der Waals surface area (Å²) >= 11 is 0. The Morgan fingerprint density at radius 2 is 1.60 bits per heavy atom. The fourth-order valence-corrected chi connectivity index (χ4v) is 3.16. The molecular formula is C24H20N2O4. The molecule has 0 unspecified atom stereocenters. The Morgan fingerprint density at radius 1 is 0.933 bits per heavy atom. The van der Waals surface area contributed by atoms with Crippen molar-refractivity contribution in [3.63, 3.8) is 0 Å². The van der Waals surface area contributed by atoms with Crippen LogP contribution in [0.2, 0.25) is 0 Å². The van der Waals surface area contributed by atoms with E-state index in [9.17, 15) is 9.59 Å². The van der Waals surface area contributed by atoms with Gasteiger partial charge in [0.2, 0.25) is 6.10 Å². The predicted octanol–water partition coefficient (Wildman–Crippen LogP) is 4.48. The van der Waals surface area contributed by atoms with Crippen molar-refractivity contribution in [3.8, 4) is 11.3 Å². The molecule has 6 nitrogen and oxygen atoms in total. The lowest BCUT2D eigenvalue weighted by Gasteiger charge is -2.21. The average molecular weight is 400 g/mol. The van der Waals surface area contributed by atoms with Gasteiger partial charge in [0, 0.05) is 25.2 Å². The van der Waals surface area contributed by atoms with Crippen LogP contribution in [-0.4, -0.2) is 36.0 Å². The number of fused-ring (bicyclic) bond motifs is 1. The normalized spacial score (nSPS) is 11.8. The van der Waals surface area contributed by atoms with Crippen molar-refractivity contribution in [1.82, 2.24) is 10.1 Å². The smallest absolute Gasteiger partial charge is 0.339 e. The number of esters is 1. The molecule has 0 aliphatic heterocycles. The average Bonchev–Trinajstić information content (AvgIpc) is 3.21. The molecule has 1 heterocycles. The van der Waals surface area contributed by atoms with E-state index in [1.807, 2.05) is 36.4 Å². The minimum atomic E-state index is -1.03. The Balaban J connectivity index is 1.67. The van der Waals surface area contributed by atoms with Crippen molar-refractivity contribution in [2.45, 2.75) is 6.10 Å². The highest BCUT2D eigenvalue weighted by Gasteiger charge is 2.27. The zero-order chi connectivity index (χ0) is 21.1. The number of nitrogens with zero attached hydrogens (tertiary/aromatic N) is 2.